The molecular weight excluding hydrogens is 324 g/mol. The van der Waals surface area contributed by atoms with Gasteiger partial charge in [-0.1, -0.05) is 0 Å². The zero-order valence-electron chi connectivity index (χ0n) is 14.0. The lowest BCUT2D eigenvalue weighted by atomic mass is 9.95. The van der Waals surface area contributed by atoms with E-state index in [9.17, 15) is 14.9 Å². The molecule has 0 bridgehead atoms. The molecule has 1 amide bonds. The van der Waals surface area contributed by atoms with Gasteiger partial charge in [0.25, 0.3) is 0 Å². The van der Waals surface area contributed by atoms with Crippen LogP contribution in [0.1, 0.15) is 24.2 Å². The van der Waals surface area contributed by atoms with Crippen molar-refractivity contribution in [3.8, 4) is 0 Å². The molecule has 1 aliphatic rings. The molecule has 0 atom stereocenters. The lowest BCUT2D eigenvalue weighted by Crippen LogP contribution is -2.40. The van der Waals surface area contributed by atoms with Gasteiger partial charge in [-0.2, -0.15) is 0 Å². The summed E-state index contributed by atoms with van der Waals surface area (Å²) in [6, 6.07) is 5.12. The van der Waals surface area contributed by atoms with E-state index in [0.29, 0.717) is 44.1 Å². The van der Waals surface area contributed by atoms with Crippen LogP contribution >= 0.6 is 0 Å². The van der Waals surface area contributed by atoms with Crippen molar-refractivity contribution in [3.63, 3.8) is 0 Å². The number of nitrogens with one attached hydrogen (secondary N) is 1. The number of piperidine rings is 1. The second kappa shape index (κ2) is 7.33. The summed E-state index contributed by atoms with van der Waals surface area (Å²) in [6.07, 6.45) is 4.47. The Morgan fingerprint density at radius 2 is 2.24 bits per heavy atom. The molecule has 1 aliphatic heterocycles. The van der Waals surface area contributed by atoms with Crippen molar-refractivity contribution in [2.75, 3.05) is 18.0 Å². The van der Waals surface area contributed by atoms with E-state index in [1.54, 1.807) is 25.5 Å². The van der Waals surface area contributed by atoms with Gasteiger partial charge in [0.1, 0.15) is 5.76 Å². The summed E-state index contributed by atoms with van der Waals surface area (Å²) in [7, 11) is 0. The fourth-order valence-electron chi connectivity index (χ4n) is 3.01. The first-order valence-corrected chi connectivity index (χ1v) is 8.20. The van der Waals surface area contributed by atoms with Crippen LogP contribution in [0.15, 0.2) is 35.1 Å². The highest BCUT2D eigenvalue weighted by atomic mass is 16.6. The summed E-state index contributed by atoms with van der Waals surface area (Å²) in [5, 5.41) is 14.1. The SMILES string of the molecule is Cc1cnc(N2CCC(C(=O)NCc3ccco3)CC2)c([N+](=O)[O-])c1. The normalized spacial score (nSPS) is 15.2. The molecule has 0 aliphatic carbocycles. The minimum atomic E-state index is -0.405. The molecular formula is C17H20N4O4. The Morgan fingerprint density at radius 3 is 2.88 bits per heavy atom. The Hall–Kier alpha value is -2.90. The summed E-state index contributed by atoms with van der Waals surface area (Å²) in [6.45, 7) is 3.28. The maximum absolute atomic E-state index is 12.3. The van der Waals surface area contributed by atoms with E-state index in [0.717, 1.165) is 5.56 Å². The summed E-state index contributed by atoms with van der Waals surface area (Å²) < 4.78 is 5.20. The number of carbonyl (C=O) groups is 1. The third kappa shape index (κ3) is 3.96. The zero-order valence-corrected chi connectivity index (χ0v) is 14.0. The van der Waals surface area contributed by atoms with Gasteiger partial charge in [-0.3, -0.25) is 14.9 Å². The van der Waals surface area contributed by atoms with Crippen molar-refractivity contribution in [1.82, 2.24) is 10.3 Å². The van der Waals surface area contributed by atoms with Gasteiger partial charge >= 0.3 is 5.69 Å². The molecule has 0 unspecified atom stereocenters. The third-order valence-electron chi connectivity index (χ3n) is 4.36. The molecule has 0 saturated carbocycles. The van der Waals surface area contributed by atoms with Crippen molar-refractivity contribution in [2.24, 2.45) is 5.92 Å². The number of nitro groups is 1. The second-order valence-electron chi connectivity index (χ2n) is 6.17. The van der Waals surface area contributed by atoms with E-state index in [1.807, 2.05) is 11.0 Å². The predicted octanol–water partition coefficient (Wildman–Crippen LogP) is 2.42. The van der Waals surface area contributed by atoms with E-state index in [-0.39, 0.29) is 17.5 Å². The number of aromatic nitrogens is 1. The van der Waals surface area contributed by atoms with Crippen LogP contribution in [0, 0.1) is 23.0 Å². The van der Waals surface area contributed by atoms with Crippen molar-refractivity contribution >= 4 is 17.4 Å². The van der Waals surface area contributed by atoms with Gasteiger partial charge in [-0.05, 0) is 37.5 Å². The van der Waals surface area contributed by atoms with Crippen LogP contribution in [0.2, 0.25) is 0 Å². The topological polar surface area (TPSA) is 102 Å². The number of furan rings is 1. The van der Waals surface area contributed by atoms with Crippen LogP contribution in [0.4, 0.5) is 11.5 Å². The monoisotopic (exact) mass is 344 g/mol. The number of amides is 1. The second-order valence-corrected chi connectivity index (χ2v) is 6.17. The van der Waals surface area contributed by atoms with Crippen LogP contribution < -0.4 is 10.2 Å². The number of hydrogen-bond donors (Lipinski definition) is 1. The Labute approximate surface area is 145 Å². The molecule has 1 N–H and O–H groups in total. The van der Waals surface area contributed by atoms with Crippen LogP contribution in [-0.2, 0) is 11.3 Å². The molecule has 2 aromatic rings. The summed E-state index contributed by atoms with van der Waals surface area (Å²) >= 11 is 0. The Balaban J connectivity index is 1.58. The molecule has 2 aromatic heterocycles. The number of carbonyl (C=O) groups excluding carboxylic acids is 1. The lowest BCUT2D eigenvalue weighted by molar-refractivity contribution is -0.384. The van der Waals surface area contributed by atoms with Crippen LogP contribution in [-0.4, -0.2) is 28.9 Å². The standard InChI is InChI=1S/C17H20N4O4/c1-12-9-15(21(23)24)16(18-10-12)20-6-4-13(5-7-20)17(22)19-11-14-3-2-8-25-14/h2-3,8-10,13H,4-7,11H2,1H3,(H,19,22). The first-order valence-electron chi connectivity index (χ1n) is 8.20. The molecule has 1 fully saturated rings. The molecule has 132 valence electrons. The highest BCUT2D eigenvalue weighted by Crippen LogP contribution is 2.30. The first-order chi connectivity index (χ1) is 12.0. The third-order valence-corrected chi connectivity index (χ3v) is 4.36. The van der Waals surface area contributed by atoms with Gasteiger partial charge in [-0.15, -0.1) is 0 Å². The number of rotatable bonds is 5. The van der Waals surface area contributed by atoms with Crippen molar-refractivity contribution in [2.45, 2.75) is 26.3 Å². The van der Waals surface area contributed by atoms with Gasteiger partial charge in [-0.25, -0.2) is 4.98 Å². The predicted molar refractivity (Wildman–Crippen MR) is 91.1 cm³/mol. The van der Waals surface area contributed by atoms with Crippen LogP contribution in [0.25, 0.3) is 0 Å². The lowest BCUT2D eigenvalue weighted by Gasteiger charge is -2.31. The van der Waals surface area contributed by atoms with Crippen LogP contribution in [0.5, 0.6) is 0 Å². The van der Waals surface area contributed by atoms with Gasteiger partial charge in [0.2, 0.25) is 11.7 Å². The molecule has 0 spiro atoms. The molecule has 8 heteroatoms. The quantitative estimate of drug-likeness (QED) is 0.660. The highest BCUT2D eigenvalue weighted by Gasteiger charge is 2.29. The Morgan fingerprint density at radius 1 is 1.48 bits per heavy atom. The van der Waals surface area contributed by atoms with Crippen LogP contribution in [0.3, 0.4) is 0 Å². The number of pyridine rings is 1. The van der Waals surface area contributed by atoms with Gasteiger partial charge in [0.05, 0.1) is 17.7 Å². The van der Waals surface area contributed by atoms with Crippen molar-refractivity contribution < 1.29 is 14.1 Å². The molecule has 3 heterocycles. The minimum absolute atomic E-state index is 0.0117. The largest absolute Gasteiger partial charge is 0.467 e. The molecule has 0 radical (unpaired) electrons. The highest BCUT2D eigenvalue weighted by molar-refractivity contribution is 5.79. The molecule has 1 saturated heterocycles. The molecule has 25 heavy (non-hydrogen) atoms. The van der Waals surface area contributed by atoms with E-state index < -0.39 is 4.92 Å². The summed E-state index contributed by atoms with van der Waals surface area (Å²) in [5.41, 5.74) is 0.767. The number of hydrogen-bond acceptors (Lipinski definition) is 6. The number of nitrogens with zero attached hydrogens (tertiary/aromatic N) is 3. The molecule has 8 nitrogen and oxygen atoms in total. The Bertz CT molecular complexity index is 752. The average molecular weight is 344 g/mol. The average Bonchev–Trinajstić information content (AvgIpc) is 3.13. The molecule has 3 rings (SSSR count). The van der Waals surface area contributed by atoms with Crippen molar-refractivity contribution in [3.05, 3.63) is 52.1 Å². The first kappa shape index (κ1) is 16.9. The van der Waals surface area contributed by atoms with Gasteiger partial charge in [0.15, 0.2) is 0 Å². The summed E-state index contributed by atoms with van der Waals surface area (Å²) in [4.78, 5) is 29.2. The summed E-state index contributed by atoms with van der Waals surface area (Å²) in [5.74, 6) is 0.980. The van der Waals surface area contributed by atoms with E-state index >= 15 is 0 Å². The Kier molecular flexibility index (Phi) is 4.97. The smallest absolute Gasteiger partial charge is 0.311 e. The van der Waals surface area contributed by atoms with E-state index in [2.05, 4.69) is 10.3 Å². The maximum Gasteiger partial charge on any atom is 0.311 e. The van der Waals surface area contributed by atoms with Crippen molar-refractivity contribution in [1.29, 1.82) is 0 Å². The fraction of sp³-hybridized carbons (Fsp3) is 0.412. The minimum Gasteiger partial charge on any atom is -0.467 e. The molecule has 0 aromatic carbocycles. The number of aryl methyl sites for hydroxylation is 1. The zero-order chi connectivity index (χ0) is 17.8. The van der Waals surface area contributed by atoms with E-state index in [1.165, 1.54) is 6.07 Å². The van der Waals surface area contributed by atoms with Gasteiger partial charge < -0.3 is 14.6 Å². The van der Waals surface area contributed by atoms with Gasteiger partial charge in [0, 0.05) is 31.3 Å². The number of anilines is 1. The van der Waals surface area contributed by atoms with E-state index in [4.69, 9.17) is 4.42 Å². The fourth-order valence-corrected chi connectivity index (χ4v) is 3.01. The maximum atomic E-state index is 12.3.